The molecule has 17 heavy (non-hydrogen) atoms. The topological polar surface area (TPSA) is 45.1 Å². The Morgan fingerprint density at radius 3 is 2.29 bits per heavy atom. The van der Waals surface area contributed by atoms with Gasteiger partial charge in [0.25, 0.3) is 0 Å². The average Bonchev–Trinajstić information content (AvgIpc) is 2.60. The molecule has 1 aromatic heterocycles. The van der Waals surface area contributed by atoms with Crippen LogP contribution in [0.15, 0.2) is 5.38 Å². The highest BCUT2D eigenvalue weighted by Crippen LogP contribution is 2.27. The lowest BCUT2D eigenvalue weighted by molar-refractivity contribution is 0.159. The SMILES string of the molecule is CC(C)(C)NCC(O)c1csc(C(C)(C)C)n1. The van der Waals surface area contributed by atoms with Crippen molar-refractivity contribution >= 4 is 11.3 Å². The van der Waals surface area contributed by atoms with Crippen LogP contribution >= 0.6 is 11.3 Å². The molecule has 0 aromatic carbocycles. The highest BCUT2D eigenvalue weighted by molar-refractivity contribution is 7.09. The molecule has 3 nitrogen and oxygen atoms in total. The van der Waals surface area contributed by atoms with E-state index in [1.165, 1.54) is 0 Å². The van der Waals surface area contributed by atoms with Gasteiger partial charge < -0.3 is 10.4 Å². The molecule has 2 N–H and O–H groups in total. The van der Waals surface area contributed by atoms with Gasteiger partial charge in [-0.1, -0.05) is 20.8 Å². The average molecular weight is 256 g/mol. The molecule has 4 heteroatoms. The lowest BCUT2D eigenvalue weighted by Crippen LogP contribution is -2.38. The highest BCUT2D eigenvalue weighted by atomic mass is 32.1. The molecule has 0 radical (unpaired) electrons. The third kappa shape index (κ3) is 4.74. The smallest absolute Gasteiger partial charge is 0.109 e. The molecular formula is C13H24N2OS. The van der Waals surface area contributed by atoms with Crippen molar-refractivity contribution in [1.82, 2.24) is 10.3 Å². The summed E-state index contributed by atoms with van der Waals surface area (Å²) in [6, 6.07) is 0. The van der Waals surface area contributed by atoms with Gasteiger partial charge in [-0.3, -0.25) is 0 Å². The van der Waals surface area contributed by atoms with E-state index in [-0.39, 0.29) is 11.0 Å². The molecule has 98 valence electrons. The van der Waals surface area contributed by atoms with Gasteiger partial charge in [-0.15, -0.1) is 11.3 Å². The first kappa shape index (κ1) is 14.6. The Kier molecular flexibility index (Phi) is 4.33. The number of nitrogens with zero attached hydrogens (tertiary/aromatic N) is 1. The minimum atomic E-state index is -0.526. The standard InChI is InChI=1S/C13H24N2OS/c1-12(2,3)11-15-9(8-17-11)10(16)7-14-13(4,5)6/h8,10,14,16H,7H2,1-6H3. The highest BCUT2D eigenvalue weighted by Gasteiger charge is 2.21. The monoisotopic (exact) mass is 256 g/mol. The first-order valence-electron chi connectivity index (χ1n) is 5.98. The summed E-state index contributed by atoms with van der Waals surface area (Å²) in [5.74, 6) is 0. The molecule has 1 atom stereocenters. The molecule has 0 aliphatic rings. The van der Waals surface area contributed by atoms with Crippen LogP contribution < -0.4 is 5.32 Å². The van der Waals surface area contributed by atoms with E-state index < -0.39 is 6.10 Å². The van der Waals surface area contributed by atoms with Gasteiger partial charge in [-0.25, -0.2) is 4.98 Å². The van der Waals surface area contributed by atoms with Gasteiger partial charge in [0, 0.05) is 22.9 Å². The van der Waals surface area contributed by atoms with Gasteiger partial charge in [0.1, 0.15) is 6.10 Å². The number of aromatic nitrogens is 1. The van der Waals surface area contributed by atoms with Crippen molar-refractivity contribution in [1.29, 1.82) is 0 Å². The van der Waals surface area contributed by atoms with E-state index in [0.29, 0.717) is 6.54 Å². The summed E-state index contributed by atoms with van der Waals surface area (Å²) in [7, 11) is 0. The first-order valence-corrected chi connectivity index (χ1v) is 6.86. The Balaban J connectivity index is 2.64. The van der Waals surface area contributed by atoms with E-state index in [2.05, 4.69) is 51.8 Å². The van der Waals surface area contributed by atoms with Gasteiger partial charge in [-0.2, -0.15) is 0 Å². The van der Waals surface area contributed by atoms with Gasteiger partial charge >= 0.3 is 0 Å². The zero-order valence-electron chi connectivity index (χ0n) is 11.7. The molecular weight excluding hydrogens is 232 g/mol. The van der Waals surface area contributed by atoms with E-state index in [1.54, 1.807) is 11.3 Å². The van der Waals surface area contributed by atoms with Gasteiger partial charge in [0.05, 0.1) is 10.7 Å². The second kappa shape index (κ2) is 5.04. The maximum Gasteiger partial charge on any atom is 0.109 e. The van der Waals surface area contributed by atoms with Crippen LogP contribution in [0.5, 0.6) is 0 Å². The summed E-state index contributed by atoms with van der Waals surface area (Å²) in [6.45, 7) is 13.2. The molecule has 0 saturated heterocycles. The molecule has 0 amide bonds. The Morgan fingerprint density at radius 1 is 1.29 bits per heavy atom. The van der Waals surface area contributed by atoms with Crippen LogP contribution in [0, 0.1) is 0 Å². The summed E-state index contributed by atoms with van der Waals surface area (Å²) in [5, 5.41) is 16.4. The minimum Gasteiger partial charge on any atom is -0.385 e. The maximum absolute atomic E-state index is 10.0. The lowest BCUT2D eigenvalue weighted by Gasteiger charge is -2.22. The van der Waals surface area contributed by atoms with Crippen LogP contribution in [0.1, 0.15) is 58.3 Å². The van der Waals surface area contributed by atoms with Crippen molar-refractivity contribution in [3.8, 4) is 0 Å². The molecule has 1 heterocycles. The Labute approximate surface area is 108 Å². The number of β-amino-alcohol motifs (C(OH)–C–C–N with tert-alkyl or cyclic N) is 1. The zero-order valence-corrected chi connectivity index (χ0v) is 12.5. The Morgan fingerprint density at radius 2 is 1.88 bits per heavy atom. The summed E-state index contributed by atoms with van der Waals surface area (Å²) >= 11 is 1.62. The van der Waals surface area contributed by atoms with Crippen molar-refractivity contribution in [3.05, 3.63) is 16.1 Å². The molecule has 0 fully saturated rings. The van der Waals surface area contributed by atoms with Crippen molar-refractivity contribution in [2.75, 3.05) is 6.54 Å². The minimum absolute atomic E-state index is 0.0177. The number of thiazole rings is 1. The van der Waals surface area contributed by atoms with E-state index in [4.69, 9.17) is 0 Å². The largest absolute Gasteiger partial charge is 0.385 e. The molecule has 0 aliphatic carbocycles. The van der Waals surface area contributed by atoms with Crippen molar-refractivity contribution in [2.45, 2.75) is 58.6 Å². The van der Waals surface area contributed by atoms with Crippen LogP contribution in [0.4, 0.5) is 0 Å². The number of aliphatic hydroxyl groups is 1. The summed E-state index contributed by atoms with van der Waals surface area (Å²) in [6.07, 6.45) is -0.526. The summed E-state index contributed by atoms with van der Waals surface area (Å²) in [4.78, 5) is 4.51. The fourth-order valence-corrected chi connectivity index (χ4v) is 2.24. The maximum atomic E-state index is 10.0. The van der Waals surface area contributed by atoms with E-state index in [1.807, 2.05) is 5.38 Å². The fraction of sp³-hybridized carbons (Fsp3) is 0.769. The van der Waals surface area contributed by atoms with Crippen molar-refractivity contribution in [3.63, 3.8) is 0 Å². The molecule has 0 saturated carbocycles. The Hall–Kier alpha value is -0.450. The summed E-state index contributed by atoms with van der Waals surface area (Å²) in [5.41, 5.74) is 0.848. The lowest BCUT2D eigenvalue weighted by atomic mass is 9.98. The van der Waals surface area contributed by atoms with Gasteiger partial charge in [0.2, 0.25) is 0 Å². The molecule has 1 unspecified atom stereocenters. The number of aliphatic hydroxyl groups excluding tert-OH is 1. The van der Waals surface area contributed by atoms with Gasteiger partial charge in [-0.05, 0) is 20.8 Å². The number of nitrogens with one attached hydrogen (secondary N) is 1. The van der Waals surface area contributed by atoms with Crippen LogP contribution in [0.2, 0.25) is 0 Å². The third-order valence-corrected chi connectivity index (χ3v) is 3.62. The predicted molar refractivity (Wildman–Crippen MR) is 73.5 cm³/mol. The first-order chi connectivity index (χ1) is 7.59. The zero-order chi connectivity index (χ0) is 13.3. The van der Waals surface area contributed by atoms with Crippen LogP contribution in [0.25, 0.3) is 0 Å². The van der Waals surface area contributed by atoms with Crippen LogP contribution in [0.3, 0.4) is 0 Å². The third-order valence-electron chi connectivity index (χ3n) is 2.33. The van der Waals surface area contributed by atoms with Crippen LogP contribution in [-0.4, -0.2) is 22.2 Å². The predicted octanol–water partition coefficient (Wildman–Crippen LogP) is 2.86. The molecule has 0 spiro atoms. The second-order valence-corrected chi connectivity index (χ2v) is 7.33. The normalized spacial score (nSPS) is 15.0. The Bertz CT molecular complexity index is 360. The van der Waals surface area contributed by atoms with Crippen molar-refractivity contribution < 1.29 is 5.11 Å². The molecule has 1 aromatic rings. The second-order valence-electron chi connectivity index (χ2n) is 6.47. The number of hydrogen-bond donors (Lipinski definition) is 2. The molecule has 0 aliphatic heterocycles. The summed E-state index contributed by atoms with van der Waals surface area (Å²) < 4.78 is 0. The fourth-order valence-electron chi connectivity index (χ4n) is 1.29. The number of rotatable bonds is 3. The van der Waals surface area contributed by atoms with E-state index >= 15 is 0 Å². The molecule has 0 bridgehead atoms. The van der Waals surface area contributed by atoms with Crippen molar-refractivity contribution in [2.24, 2.45) is 0 Å². The quantitative estimate of drug-likeness (QED) is 0.874. The van der Waals surface area contributed by atoms with E-state index in [9.17, 15) is 5.11 Å². The van der Waals surface area contributed by atoms with E-state index in [0.717, 1.165) is 10.7 Å². The number of hydrogen-bond acceptors (Lipinski definition) is 4. The molecule has 1 rings (SSSR count). The van der Waals surface area contributed by atoms with Crippen LogP contribution in [-0.2, 0) is 5.41 Å². The van der Waals surface area contributed by atoms with Gasteiger partial charge in [0.15, 0.2) is 0 Å².